The predicted octanol–water partition coefficient (Wildman–Crippen LogP) is 0.933. The quantitative estimate of drug-likeness (QED) is 0.741. The molecule has 1 aromatic carbocycles. The first-order valence-electron chi connectivity index (χ1n) is 6.04. The minimum Gasteiger partial charge on any atom is -0.328 e. The van der Waals surface area contributed by atoms with Gasteiger partial charge in [-0.2, -0.15) is 5.21 Å². The Morgan fingerprint density at radius 2 is 2.37 bits per heavy atom. The number of nitrogens with two attached hydrogens (primary N) is 1. The molecule has 0 saturated carbocycles. The number of nitrogens with zero attached hydrogens (tertiary/aromatic N) is 3. The lowest BCUT2D eigenvalue weighted by molar-refractivity contribution is -0.116. The summed E-state index contributed by atoms with van der Waals surface area (Å²) in [6, 6.07) is 7.31. The minimum absolute atomic E-state index is 0.0245. The number of rotatable bonds is 5. The Morgan fingerprint density at radius 3 is 3.05 bits per heavy atom. The van der Waals surface area contributed by atoms with Gasteiger partial charge in [0.1, 0.15) is 0 Å². The van der Waals surface area contributed by atoms with Crippen LogP contribution in [0.2, 0.25) is 0 Å². The molecule has 7 heteroatoms. The van der Waals surface area contributed by atoms with Crippen molar-refractivity contribution in [3.05, 3.63) is 24.3 Å². The number of aromatic amines is 1. The largest absolute Gasteiger partial charge is 0.328 e. The summed E-state index contributed by atoms with van der Waals surface area (Å²) < 4.78 is 0. The molecule has 100 valence electrons. The highest BCUT2D eigenvalue weighted by Gasteiger charge is 2.07. The Kier molecular flexibility index (Phi) is 4.19. The van der Waals surface area contributed by atoms with E-state index in [0.717, 1.165) is 5.56 Å². The first kappa shape index (κ1) is 13.2. The van der Waals surface area contributed by atoms with Crippen LogP contribution < -0.4 is 11.1 Å². The van der Waals surface area contributed by atoms with Crippen LogP contribution in [0.1, 0.15) is 19.8 Å². The van der Waals surface area contributed by atoms with Crippen LogP contribution in [0.3, 0.4) is 0 Å². The van der Waals surface area contributed by atoms with Gasteiger partial charge in [-0.3, -0.25) is 4.79 Å². The van der Waals surface area contributed by atoms with Gasteiger partial charge in [-0.05, 0) is 30.7 Å². The molecule has 1 aromatic heterocycles. The van der Waals surface area contributed by atoms with E-state index < -0.39 is 0 Å². The lowest BCUT2D eigenvalue weighted by atomic mass is 10.1. The standard InChI is InChI=1S/C12H16N6O/c1-8(13)5-6-11(19)14-10-4-2-3-9(7-10)12-15-17-18-16-12/h2-4,7-8H,5-6,13H2,1H3,(H,14,19)(H,15,16,17,18). The monoisotopic (exact) mass is 260 g/mol. The molecule has 2 aromatic rings. The van der Waals surface area contributed by atoms with E-state index in [1.807, 2.05) is 25.1 Å². The highest BCUT2D eigenvalue weighted by atomic mass is 16.1. The molecule has 0 bridgehead atoms. The number of aromatic nitrogens is 4. The Morgan fingerprint density at radius 1 is 1.53 bits per heavy atom. The third-order valence-electron chi connectivity index (χ3n) is 2.58. The number of H-pyrrole nitrogens is 1. The van der Waals surface area contributed by atoms with Crippen molar-refractivity contribution < 1.29 is 4.79 Å². The second-order valence-corrected chi connectivity index (χ2v) is 4.38. The zero-order valence-electron chi connectivity index (χ0n) is 10.6. The molecule has 0 aliphatic rings. The van der Waals surface area contributed by atoms with Crippen molar-refractivity contribution in [2.75, 3.05) is 5.32 Å². The van der Waals surface area contributed by atoms with Crippen LogP contribution in [-0.4, -0.2) is 32.6 Å². The van der Waals surface area contributed by atoms with Crippen LogP contribution in [0.4, 0.5) is 5.69 Å². The highest BCUT2D eigenvalue weighted by molar-refractivity contribution is 5.91. The summed E-state index contributed by atoms with van der Waals surface area (Å²) in [7, 11) is 0. The van der Waals surface area contributed by atoms with Crippen molar-refractivity contribution in [3.8, 4) is 11.4 Å². The van der Waals surface area contributed by atoms with E-state index in [1.165, 1.54) is 0 Å². The fourth-order valence-electron chi connectivity index (χ4n) is 1.60. The Hall–Kier alpha value is -2.28. The average Bonchev–Trinajstić information content (AvgIpc) is 2.90. The molecule has 0 saturated heterocycles. The molecule has 0 fully saturated rings. The van der Waals surface area contributed by atoms with Crippen molar-refractivity contribution in [2.45, 2.75) is 25.8 Å². The van der Waals surface area contributed by atoms with E-state index >= 15 is 0 Å². The third kappa shape index (κ3) is 3.85. The van der Waals surface area contributed by atoms with Crippen LogP contribution in [0.15, 0.2) is 24.3 Å². The van der Waals surface area contributed by atoms with Crippen molar-refractivity contribution in [3.63, 3.8) is 0 Å². The molecule has 2 rings (SSSR count). The number of nitrogens with one attached hydrogen (secondary N) is 2. The number of hydrogen-bond donors (Lipinski definition) is 3. The van der Waals surface area contributed by atoms with E-state index in [-0.39, 0.29) is 11.9 Å². The fourth-order valence-corrected chi connectivity index (χ4v) is 1.60. The minimum atomic E-state index is -0.0532. The Labute approximate surface area is 110 Å². The lowest BCUT2D eigenvalue weighted by Gasteiger charge is -2.07. The molecule has 1 unspecified atom stereocenters. The number of amides is 1. The summed E-state index contributed by atoms with van der Waals surface area (Å²) in [5, 5.41) is 16.5. The summed E-state index contributed by atoms with van der Waals surface area (Å²) >= 11 is 0. The van der Waals surface area contributed by atoms with Gasteiger partial charge in [0, 0.05) is 23.7 Å². The van der Waals surface area contributed by atoms with Gasteiger partial charge >= 0.3 is 0 Å². The maximum Gasteiger partial charge on any atom is 0.224 e. The summed E-state index contributed by atoms with van der Waals surface area (Å²) in [5.41, 5.74) is 7.11. The number of benzene rings is 1. The first-order chi connectivity index (χ1) is 9.15. The van der Waals surface area contributed by atoms with Crippen molar-refractivity contribution in [1.29, 1.82) is 0 Å². The average molecular weight is 260 g/mol. The van der Waals surface area contributed by atoms with E-state index in [2.05, 4.69) is 25.9 Å². The van der Waals surface area contributed by atoms with Crippen LogP contribution in [0.25, 0.3) is 11.4 Å². The van der Waals surface area contributed by atoms with Gasteiger partial charge in [-0.1, -0.05) is 12.1 Å². The van der Waals surface area contributed by atoms with Gasteiger partial charge in [-0.15, -0.1) is 10.2 Å². The van der Waals surface area contributed by atoms with E-state index in [0.29, 0.717) is 24.4 Å². The molecule has 1 atom stereocenters. The molecule has 0 spiro atoms. The van der Waals surface area contributed by atoms with Gasteiger partial charge in [-0.25, -0.2) is 0 Å². The number of tetrazole rings is 1. The predicted molar refractivity (Wildman–Crippen MR) is 71.1 cm³/mol. The number of carbonyl (C=O) groups is 1. The third-order valence-corrected chi connectivity index (χ3v) is 2.58. The van der Waals surface area contributed by atoms with Gasteiger partial charge in [0.05, 0.1) is 0 Å². The first-order valence-corrected chi connectivity index (χ1v) is 6.04. The lowest BCUT2D eigenvalue weighted by Crippen LogP contribution is -2.19. The fraction of sp³-hybridized carbons (Fsp3) is 0.333. The van der Waals surface area contributed by atoms with Gasteiger partial charge in [0.25, 0.3) is 0 Å². The van der Waals surface area contributed by atoms with E-state index in [4.69, 9.17) is 5.73 Å². The van der Waals surface area contributed by atoms with E-state index in [9.17, 15) is 4.79 Å². The molecular weight excluding hydrogens is 244 g/mol. The zero-order valence-corrected chi connectivity index (χ0v) is 10.6. The van der Waals surface area contributed by atoms with E-state index in [1.54, 1.807) is 6.07 Å². The maximum absolute atomic E-state index is 11.7. The van der Waals surface area contributed by atoms with Crippen molar-refractivity contribution in [2.24, 2.45) is 5.73 Å². The number of carbonyl (C=O) groups excluding carboxylic acids is 1. The SMILES string of the molecule is CC(N)CCC(=O)Nc1cccc(-c2nn[nH]n2)c1. The van der Waals surface area contributed by atoms with Crippen molar-refractivity contribution >= 4 is 11.6 Å². The van der Waals surface area contributed by atoms with Gasteiger partial charge < -0.3 is 11.1 Å². The van der Waals surface area contributed by atoms with Crippen LogP contribution in [0, 0.1) is 0 Å². The number of hydrogen-bond acceptors (Lipinski definition) is 5. The second kappa shape index (κ2) is 6.05. The normalized spacial score (nSPS) is 12.1. The maximum atomic E-state index is 11.7. The molecule has 0 radical (unpaired) electrons. The Bertz CT molecular complexity index is 537. The van der Waals surface area contributed by atoms with Crippen LogP contribution in [0.5, 0.6) is 0 Å². The van der Waals surface area contributed by atoms with Crippen LogP contribution >= 0.6 is 0 Å². The molecule has 7 nitrogen and oxygen atoms in total. The van der Waals surface area contributed by atoms with Crippen LogP contribution in [-0.2, 0) is 4.79 Å². The summed E-state index contributed by atoms with van der Waals surface area (Å²) in [6.07, 6.45) is 1.07. The summed E-state index contributed by atoms with van der Waals surface area (Å²) in [6.45, 7) is 1.88. The molecule has 1 amide bonds. The highest BCUT2D eigenvalue weighted by Crippen LogP contribution is 2.18. The molecular formula is C12H16N6O. The molecule has 1 heterocycles. The zero-order chi connectivity index (χ0) is 13.7. The second-order valence-electron chi connectivity index (χ2n) is 4.38. The molecule has 19 heavy (non-hydrogen) atoms. The smallest absolute Gasteiger partial charge is 0.224 e. The molecule has 0 aliphatic heterocycles. The Balaban J connectivity index is 2.01. The molecule has 4 N–H and O–H groups in total. The van der Waals surface area contributed by atoms with Gasteiger partial charge in [0.15, 0.2) is 0 Å². The summed E-state index contributed by atoms with van der Waals surface area (Å²) in [4.78, 5) is 11.7. The number of anilines is 1. The van der Waals surface area contributed by atoms with Crippen molar-refractivity contribution in [1.82, 2.24) is 20.6 Å². The van der Waals surface area contributed by atoms with Gasteiger partial charge in [0.2, 0.25) is 11.7 Å². The topological polar surface area (TPSA) is 110 Å². The molecule has 0 aliphatic carbocycles. The summed E-state index contributed by atoms with van der Waals surface area (Å²) in [5.74, 6) is 0.439.